The maximum atomic E-state index is 14.3. The van der Waals surface area contributed by atoms with Gasteiger partial charge in [0.05, 0.1) is 5.54 Å². The molecule has 4 aromatic rings. The van der Waals surface area contributed by atoms with Crippen LogP contribution in [0, 0.1) is 12.3 Å². The molecular weight excluding hydrogens is 929 g/mol. The fourth-order valence-electron chi connectivity index (χ4n) is 6.94. The van der Waals surface area contributed by atoms with Crippen molar-refractivity contribution in [3.05, 3.63) is 112 Å². The molecule has 2 aliphatic rings. The van der Waals surface area contributed by atoms with Crippen LogP contribution in [0.2, 0.25) is 0 Å². The van der Waals surface area contributed by atoms with E-state index in [4.69, 9.17) is 24.5 Å². The van der Waals surface area contributed by atoms with Gasteiger partial charge < -0.3 is 39.7 Å². The van der Waals surface area contributed by atoms with Gasteiger partial charge in [-0.1, -0.05) is 65.8 Å². The van der Waals surface area contributed by atoms with E-state index in [1.54, 1.807) is 100 Å². The van der Waals surface area contributed by atoms with Crippen molar-refractivity contribution >= 4 is 68.4 Å². The number of aryl methyl sites for hydroxylation is 1. The van der Waals surface area contributed by atoms with Gasteiger partial charge in [-0.25, -0.2) is 19.4 Å². The predicted octanol–water partition coefficient (Wildman–Crippen LogP) is 4.81. The van der Waals surface area contributed by atoms with Crippen LogP contribution in [0.3, 0.4) is 0 Å². The number of amides is 4. The summed E-state index contributed by atoms with van der Waals surface area (Å²) in [5, 5.41) is 30.3. The molecular formula is C44H50N8O14S2. The molecule has 362 valence electrons. The van der Waals surface area contributed by atoms with Crippen LogP contribution >= 0.6 is 11.3 Å². The van der Waals surface area contributed by atoms with Crippen molar-refractivity contribution in [3.8, 4) is 5.75 Å². The minimum Gasteiger partial charge on any atom is -0.489 e. The Bertz CT molecular complexity index is 2620. The Morgan fingerprint density at radius 3 is 2.15 bits per heavy atom. The molecule has 2 saturated heterocycles. The average molecular weight is 979 g/mol. The van der Waals surface area contributed by atoms with E-state index in [2.05, 4.69) is 30.4 Å². The van der Waals surface area contributed by atoms with Crippen LogP contribution in [0.15, 0.2) is 90.1 Å². The normalized spacial score (nSPS) is 17.4. The lowest BCUT2D eigenvalue weighted by Crippen LogP contribution is -2.76. The topological polar surface area (TPSA) is 298 Å². The molecule has 4 amide bonds. The molecule has 24 heteroatoms. The summed E-state index contributed by atoms with van der Waals surface area (Å²) in [5.74, 6) is -2.86. The summed E-state index contributed by atoms with van der Waals surface area (Å²) in [4.78, 5) is 77.6. The number of carbonyl (C=O) groups excluding carboxylic acids is 4. The number of esters is 1. The van der Waals surface area contributed by atoms with Gasteiger partial charge in [0, 0.05) is 29.6 Å². The number of anilines is 1. The Hall–Kier alpha value is -7.15. The number of rotatable bonds is 17. The van der Waals surface area contributed by atoms with E-state index >= 15 is 0 Å². The molecule has 0 saturated carbocycles. The van der Waals surface area contributed by atoms with E-state index in [0.717, 1.165) is 11.3 Å². The van der Waals surface area contributed by atoms with Crippen LogP contribution in [-0.2, 0) is 43.4 Å². The second-order valence-electron chi connectivity index (χ2n) is 17.0. The lowest BCUT2D eigenvalue weighted by Gasteiger charge is -2.50. The standard InChI is InChI=1S/C44H50N8O14S2/c1-25-32(47-40(67-25)49-41(56)64-43(2,3)4)33(37(53)48-35-38(54)52(44(35,5)6)66-68(59,60)61)50-65-31(39(55)63-34(26-13-9-7-10-14-26)27-15-11-8-12-16-27)24-62-30-19-17-28(18-20-30)36(45)46-29-21-22-51(23-29)42(57)58/h7-20,29,31,34-35H,21-24H2,1-6H3,(H2,45,46)(H,48,53)(H,57,58)(H,47,49,56)(H,59,60,61). The maximum Gasteiger partial charge on any atom is 0.418 e. The number of benzene rings is 3. The number of oxime groups is 1. The van der Waals surface area contributed by atoms with Crippen molar-refractivity contribution in [1.29, 1.82) is 5.41 Å². The van der Waals surface area contributed by atoms with Crippen LogP contribution in [-0.4, -0.2) is 124 Å². The first-order chi connectivity index (χ1) is 32.0. The molecule has 68 heavy (non-hydrogen) atoms. The number of hydrogen-bond acceptors (Lipinski definition) is 16. The number of thiazole rings is 1. The average Bonchev–Trinajstić information content (AvgIpc) is 3.90. The van der Waals surface area contributed by atoms with Crippen molar-refractivity contribution in [1.82, 2.24) is 25.6 Å². The Balaban J connectivity index is 1.31. The Morgan fingerprint density at radius 2 is 1.60 bits per heavy atom. The van der Waals surface area contributed by atoms with E-state index in [-0.39, 0.29) is 35.0 Å². The summed E-state index contributed by atoms with van der Waals surface area (Å²) in [6, 6.07) is 22.3. The molecule has 0 bridgehead atoms. The van der Waals surface area contributed by atoms with Crippen molar-refractivity contribution in [3.63, 3.8) is 0 Å². The zero-order valence-corrected chi connectivity index (χ0v) is 39.3. The third kappa shape index (κ3) is 12.8. The molecule has 3 aromatic carbocycles. The zero-order chi connectivity index (χ0) is 49.6. The molecule has 22 nitrogen and oxygen atoms in total. The number of β-lactam (4-membered cyclic amide) rings is 1. The number of amidine groups is 1. The fourth-order valence-corrected chi connectivity index (χ4v) is 8.19. The third-order valence-corrected chi connectivity index (χ3v) is 11.5. The number of aromatic nitrogens is 1. The Kier molecular flexibility index (Phi) is 15.4. The number of carbonyl (C=O) groups is 5. The van der Waals surface area contributed by atoms with E-state index in [9.17, 15) is 42.0 Å². The molecule has 3 atom stereocenters. The molecule has 0 aliphatic carbocycles. The van der Waals surface area contributed by atoms with Gasteiger partial charge in [-0.05, 0) is 83.4 Å². The van der Waals surface area contributed by atoms with Gasteiger partial charge in [-0.15, -0.1) is 15.6 Å². The number of ether oxygens (including phenoxy) is 3. The summed E-state index contributed by atoms with van der Waals surface area (Å²) in [6.07, 6.45) is -4.03. The van der Waals surface area contributed by atoms with Crippen LogP contribution in [0.25, 0.3) is 0 Å². The molecule has 6 N–H and O–H groups in total. The highest BCUT2D eigenvalue weighted by Gasteiger charge is 2.58. The largest absolute Gasteiger partial charge is 0.489 e. The molecule has 6 rings (SSSR count). The van der Waals surface area contributed by atoms with Gasteiger partial charge in [0.25, 0.3) is 17.9 Å². The number of hydrogen-bond donors (Lipinski definition) is 6. The minimum absolute atomic E-state index is 0.0231. The zero-order valence-electron chi connectivity index (χ0n) is 37.6. The molecule has 1 aromatic heterocycles. The van der Waals surface area contributed by atoms with Gasteiger partial charge in [0.2, 0.25) is 0 Å². The fraction of sp³-hybridized carbons (Fsp3) is 0.364. The van der Waals surface area contributed by atoms with E-state index < -0.39 is 82.1 Å². The minimum atomic E-state index is -5.13. The number of likely N-dealkylation sites (tertiary alicyclic amines) is 1. The molecule has 2 aliphatic heterocycles. The summed E-state index contributed by atoms with van der Waals surface area (Å²) in [6.45, 7) is 9.23. The Morgan fingerprint density at radius 1 is 0.985 bits per heavy atom. The second-order valence-corrected chi connectivity index (χ2v) is 19.2. The summed E-state index contributed by atoms with van der Waals surface area (Å²) < 4.78 is 54.1. The van der Waals surface area contributed by atoms with E-state index in [0.29, 0.717) is 39.6 Å². The molecule has 3 heterocycles. The summed E-state index contributed by atoms with van der Waals surface area (Å²) in [7, 11) is -5.13. The van der Waals surface area contributed by atoms with E-state index in [1.807, 2.05) is 0 Å². The molecule has 0 spiro atoms. The van der Waals surface area contributed by atoms with Gasteiger partial charge in [0.1, 0.15) is 35.5 Å². The summed E-state index contributed by atoms with van der Waals surface area (Å²) >= 11 is 0.934. The van der Waals surface area contributed by atoms with Crippen LogP contribution < -0.4 is 20.7 Å². The molecule has 3 unspecified atom stereocenters. The monoisotopic (exact) mass is 978 g/mol. The SMILES string of the molecule is Cc1sc(NC(=O)OC(C)(C)C)nc1C(=NOC(COc1ccc(C(=N)NC2CCN(C(=O)O)C2)cc1)C(=O)OC(c1ccccc1)c1ccccc1)C(=O)NC1C(=O)N(OS(=O)(=O)O)C1(C)C. The van der Waals surface area contributed by atoms with Crippen LogP contribution in [0.1, 0.15) is 74.4 Å². The first kappa shape index (κ1) is 50.3. The lowest BCUT2D eigenvalue weighted by atomic mass is 9.84. The van der Waals surface area contributed by atoms with Gasteiger partial charge >= 0.3 is 28.6 Å². The van der Waals surface area contributed by atoms with Crippen LogP contribution in [0.4, 0.5) is 14.7 Å². The van der Waals surface area contributed by atoms with E-state index in [1.165, 1.54) is 30.9 Å². The quantitative estimate of drug-likeness (QED) is 0.0207. The maximum absolute atomic E-state index is 14.3. The second kappa shape index (κ2) is 20.8. The third-order valence-electron chi connectivity index (χ3n) is 10.3. The predicted molar refractivity (Wildman–Crippen MR) is 244 cm³/mol. The highest BCUT2D eigenvalue weighted by atomic mass is 32.3. The Labute approximate surface area is 395 Å². The summed E-state index contributed by atoms with van der Waals surface area (Å²) in [5.41, 5.74) is -1.48. The lowest BCUT2D eigenvalue weighted by molar-refractivity contribution is -0.218. The number of hydroxylamine groups is 2. The highest BCUT2D eigenvalue weighted by Crippen LogP contribution is 2.33. The van der Waals surface area contributed by atoms with Crippen molar-refractivity contribution in [2.24, 2.45) is 5.16 Å². The van der Waals surface area contributed by atoms with Crippen LogP contribution in [0.5, 0.6) is 5.75 Å². The smallest absolute Gasteiger partial charge is 0.418 e. The van der Waals surface area contributed by atoms with Gasteiger partial charge in [-0.2, -0.15) is 13.5 Å². The van der Waals surface area contributed by atoms with Crippen molar-refractivity contribution in [2.45, 2.75) is 83.4 Å². The van der Waals surface area contributed by atoms with Gasteiger partial charge in [0.15, 0.2) is 16.9 Å². The highest BCUT2D eigenvalue weighted by molar-refractivity contribution is 7.80. The van der Waals surface area contributed by atoms with Gasteiger partial charge in [-0.3, -0.25) is 24.9 Å². The number of carboxylic acid groups (broad SMARTS) is 1. The molecule has 2 fully saturated rings. The van der Waals surface area contributed by atoms with Crippen molar-refractivity contribution in [2.75, 3.05) is 25.0 Å². The first-order valence-corrected chi connectivity index (χ1v) is 23.1. The number of nitrogens with zero attached hydrogens (tertiary/aromatic N) is 4. The van der Waals surface area contributed by atoms with Crippen molar-refractivity contribution < 1.29 is 65.4 Å². The number of nitrogens with one attached hydrogen (secondary N) is 4. The first-order valence-electron chi connectivity index (χ1n) is 20.9. The molecule has 0 radical (unpaired) electrons.